The predicted octanol–water partition coefficient (Wildman–Crippen LogP) is 3.00. The van der Waals surface area contributed by atoms with Gasteiger partial charge in [-0.1, -0.05) is 41.9 Å². The molecule has 1 amide bonds. The summed E-state index contributed by atoms with van der Waals surface area (Å²) in [6, 6.07) is 17.8. The highest BCUT2D eigenvalue weighted by Gasteiger charge is 2.24. The maximum Gasteiger partial charge on any atom is 0.253 e. The van der Waals surface area contributed by atoms with Crippen LogP contribution in [-0.2, 0) is 6.42 Å². The second-order valence-corrected chi connectivity index (χ2v) is 6.04. The number of carbonyl (C=O) groups excluding carboxylic acids is 1. The zero-order chi connectivity index (χ0) is 15.4. The Hall–Kier alpha value is -1.84. The van der Waals surface area contributed by atoms with Gasteiger partial charge in [0.25, 0.3) is 5.91 Å². The van der Waals surface area contributed by atoms with E-state index in [1.807, 2.05) is 11.0 Å². The molecule has 1 fully saturated rings. The quantitative estimate of drug-likeness (QED) is 0.944. The highest BCUT2D eigenvalue weighted by atomic mass is 35.5. The molecule has 0 bridgehead atoms. The van der Waals surface area contributed by atoms with Crippen molar-refractivity contribution >= 4 is 17.5 Å². The monoisotopic (exact) mass is 314 g/mol. The van der Waals surface area contributed by atoms with Gasteiger partial charge >= 0.3 is 0 Å². The van der Waals surface area contributed by atoms with Gasteiger partial charge in [-0.05, 0) is 36.2 Å². The van der Waals surface area contributed by atoms with Gasteiger partial charge in [0, 0.05) is 36.3 Å². The van der Waals surface area contributed by atoms with Gasteiger partial charge in [-0.25, -0.2) is 0 Å². The molecule has 1 atom stereocenters. The number of piperazine rings is 1. The molecule has 0 saturated carbocycles. The van der Waals surface area contributed by atoms with Crippen LogP contribution in [0.1, 0.15) is 15.9 Å². The topological polar surface area (TPSA) is 32.3 Å². The lowest BCUT2D eigenvalue weighted by Gasteiger charge is -2.34. The molecule has 1 saturated heterocycles. The van der Waals surface area contributed by atoms with E-state index in [2.05, 4.69) is 29.6 Å². The van der Waals surface area contributed by atoms with E-state index < -0.39 is 0 Å². The normalized spacial score (nSPS) is 18.2. The Kier molecular flexibility index (Phi) is 4.76. The van der Waals surface area contributed by atoms with E-state index in [1.165, 1.54) is 5.56 Å². The Bertz CT molecular complexity index is 627. The van der Waals surface area contributed by atoms with Crippen molar-refractivity contribution in [2.45, 2.75) is 12.5 Å². The minimum atomic E-state index is 0.0798. The van der Waals surface area contributed by atoms with Gasteiger partial charge in [0.2, 0.25) is 0 Å². The average molecular weight is 315 g/mol. The second kappa shape index (κ2) is 6.95. The summed E-state index contributed by atoms with van der Waals surface area (Å²) in [6.07, 6.45) is 0.936. The number of rotatable bonds is 3. The van der Waals surface area contributed by atoms with Crippen molar-refractivity contribution in [3.8, 4) is 0 Å². The van der Waals surface area contributed by atoms with Crippen molar-refractivity contribution in [3.63, 3.8) is 0 Å². The molecule has 0 unspecified atom stereocenters. The number of nitrogens with one attached hydrogen (secondary N) is 1. The molecule has 1 aliphatic heterocycles. The van der Waals surface area contributed by atoms with Crippen LogP contribution in [0.4, 0.5) is 0 Å². The maximum atomic E-state index is 12.6. The van der Waals surface area contributed by atoms with Crippen LogP contribution < -0.4 is 5.32 Å². The fourth-order valence-corrected chi connectivity index (χ4v) is 2.95. The fraction of sp³-hybridized carbons (Fsp3) is 0.278. The van der Waals surface area contributed by atoms with Crippen molar-refractivity contribution in [1.82, 2.24) is 10.2 Å². The Labute approximate surface area is 135 Å². The van der Waals surface area contributed by atoms with E-state index in [9.17, 15) is 4.79 Å². The van der Waals surface area contributed by atoms with Crippen LogP contribution in [0.5, 0.6) is 0 Å². The van der Waals surface area contributed by atoms with Gasteiger partial charge in [0.15, 0.2) is 0 Å². The summed E-state index contributed by atoms with van der Waals surface area (Å²) < 4.78 is 0. The molecule has 0 radical (unpaired) electrons. The zero-order valence-electron chi connectivity index (χ0n) is 12.3. The highest BCUT2D eigenvalue weighted by Crippen LogP contribution is 2.14. The third kappa shape index (κ3) is 3.67. The molecule has 114 valence electrons. The molecule has 0 aliphatic carbocycles. The molecule has 2 aromatic carbocycles. The molecule has 2 aromatic rings. The molecule has 3 rings (SSSR count). The Morgan fingerprint density at radius 2 is 1.86 bits per heavy atom. The van der Waals surface area contributed by atoms with Crippen LogP contribution in [0.25, 0.3) is 0 Å². The van der Waals surface area contributed by atoms with Gasteiger partial charge in [0.1, 0.15) is 0 Å². The zero-order valence-corrected chi connectivity index (χ0v) is 13.1. The van der Waals surface area contributed by atoms with Crippen LogP contribution in [0, 0.1) is 0 Å². The number of halogens is 1. The summed E-state index contributed by atoms with van der Waals surface area (Å²) in [6.45, 7) is 2.31. The molecular formula is C18H19ClN2O. The van der Waals surface area contributed by atoms with Gasteiger partial charge in [-0.15, -0.1) is 0 Å². The number of hydrogen-bond acceptors (Lipinski definition) is 2. The first kappa shape index (κ1) is 15.1. The first-order valence-corrected chi connectivity index (χ1v) is 7.92. The third-order valence-electron chi connectivity index (χ3n) is 3.96. The van der Waals surface area contributed by atoms with E-state index in [0.717, 1.165) is 26.1 Å². The summed E-state index contributed by atoms with van der Waals surface area (Å²) in [4.78, 5) is 14.5. The first-order chi connectivity index (χ1) is 10.7. The number of nitrogens with zero attached hydrogens (tertiary/aromatic N) is 1. The number of hydrogen-bond donors (Lipinski definition) is 1. The van der Waals surface area contributed by atoms with Crippen LogP contribution >= 0.6 is 11.6 Å². The van der Waals surface area contributed by atoms with E-state index in [0.29, 0.717) is 16.6 Å². The summed E-state index contributed by atoms with van der Waals surface area (Å²) >= 11 is 5.88. The molecule has 0 aromatic heterocycles. The largest absolute Gasteiger partial charge is 0.336 e. The lowest BCUT2D eigenvalue weighted by atomic mass is 10.0. The van der Waals surface area contributed by atoms with Crippen LogP contribution in [0.3, 0.4) is 0 Å². The van der Waals surface area contributed by atoms with Crippen molar-refractivity contribution in [2.75, 3.05) is 19.6 Å². The van der Waals surface area contributed by atoms with Crippen molar-refractivity contribution in [3.05, 3.63) is 70.7 Å². The lowest BCUT2D eigenvalue weighted by molar-refractivity contribution is 0.0703. The molecule has 1 aliphatic rings. The maximum absolute atomic E-state index is 12.6. The highest BCUT2D eigenvalue weighted by molar-refractivity contribution is 6.30. The number of amides is 1. The van der Waals surface area contributed by atoms with Gasteiger partial charge in [0.05, 0.1) is 0 Å². The van der Waals surface area contributed by atoms with Crippen molar-refractivity contribution in [2.24, 2.45) is 0 Å². The van der Waals surface area contributed by atoms with E-state index in [1.54, 1.807) is 24.3 Å². The van der Waals surface area contributed by atoms with Gasteiger partial charge in [-0.3, -0.25) is 4.79 Å². The predicted molar refractivity (Wildman–Crippen MR) is 89.3 cm³/mol. The smallest absolute Gasteiger partial charge is 0.253 e. The molecule has 3 nitrogen and oxygen atoms in total. The average Bonchev–Trinajstić information content (AvgIpc) is 2.56. The minimum Gasteiger partial charge on any atom is -0.336 e. The molecule has 4 heteroatoms. The summed E-state index contributed by atoms with van der Waals surface area (Å²) in [7, 11) is 0. The SMILES string of the molecule is O=C(c1ccc(Cl)cc1)N1CCN[C@@H](Cc2ccccc2)C1. The number of carbonyl (C=O) groups is 1. The summed E-state index contributed by atoms with van der Waals surface area (Å²) in [5.41, 5.74) is 1.99. The van der Waals surface area contributed by atoms with Gasteiger partial charge in [-0.2, -0.15) is 0 Å². The second-order valence-electron chi connectivity index (χ2n) is 5.60. The van der Waals surface area contributed by atoms with Crippen LogP contribution in [0.2, 0.25) is 5.02 Å². The van der Waals surface area contributed by atoms with Crippen molar-refractivity contribution < 1.29 is 4.79 Å². The minimum absolute atomic E-state index is 0.0798. The van der Waals surface area contributed by atoms with Crippen molar-refractivity contribution in [1.29, 1.82) is 0 Å². The van der Waals surface area contributed by atoms with Crippen LogP contribution in [-0.4, -0.2) is 36.5 Å². The van der Waals surface area contributed by atoms with E-state index >= 15 is 0 Å². The van der Waals surface area contributed by atoms with Crippen LogP contribution in [0.15, 0.2) is 54.6 Å². The molecule has 1 heterocycles. The van der Waals surface area contributed by atoms with E-state index in [-0.39, 0.29) is 5.91 Å². The molecule has 0 spiro atoms. The Morgan fingerprint density at radius 1 is 1.14 bits per heavy atom. The molecular weight excluding hydrogens is 296 g/mol. The number of benzene rings is 2. The van der Waals surface area contributed by atoms with E-state index in [4.69, 9.17) is 11.6 Å². The first-order valence-electron chi connectivity index (χ1n) is 7.54. The fourth-order valence-electron chi connectivity index (χ4n) is 2.82. The molecule has 22 heavy (non-hydrogen) atoms. The summed E-state index contributed by atoms with van der Waals surface area (Å²) in [5.74, 6) is 0.0798. The van der Waals surface area contributed by atoms with Gasteiger partial charge < -0.3 is 10.2 Å². The Balaban J connectivity index is 1.65. The summed E-state index contributed by atoms with van der Waals surface area (Å²) in [5, 5.41) is 4.15. The Morgan fingerprint density at radius 3 is 2.59 bits per heavy atom. The third-order valence-corrected chi connectivity index (χ3v) is 4.21. The molecule has 1 N–H and O–H groups in total. The standard InChI is InChI=1S/C18H19ClN2O/c19-16-8-6-15(7-9-16)18(22)21-11-10-20-17(13-21)12-14-4-2-1-3-5-14/h1-9,17,20H,10-13H2/t17-/m0/s1. The lowest BCUT2D eigenvalue weighted by Crippen LogP contribution is -2.53.